The lowest BCUT2D eigenvalue weighted by atomic mass is 10.1. The third-order valence-corrected chi connectivity index (χ3v) is 4.72. The number of piperidine rings is 1. The van der Waals surface area contributed by atoms with E-state index in [9.17, 15) is 4.79 Å². The van der Waals surface area contributed by atoms with Crippen LogP contribution in [0.3, 0.4) is 0 Å². The third kappa shape index (κ3) is 5.20. The number of hydrogen-bond acceptors (Lipinski definition) is 5. The van der Waals surface area contributed by atoms with Gasteiger partial charge in [0, 0.05) is 37.8 Å². The predicted octanol–water partition coefficient (Wildman–Crippen LogP) is 3.28. The summed E-state index contributed by atoms with van der Waals surface area (Å²) in [6.07, 6.45) is 5.00. The smallest absolute Gasteiger partial charge is 0.246 e. The zero-order chi connectivity index (χ0) is 19.2. The fourth-order valence-corrected chi connectivity index (χ4v) is 3.10. The zero-order valence-corrected chi connectivity index (χ0v) is 16.3. The van der Waals surface area contributed by atoms with Crippen molar-refractivity contribution in [2.45, 2.75) is 18.9 Å². The summed E-state index contributed by atoms with van der Waals surface area (Å²) in [6.45, 7) is 1.25. The molecule has 1 atom stereocenters. The van der Waals surface area contributed by atoms with E-state index in [4.69, 9.17) is 16.3 Å². The highest BCUT2D eigenvalue weighted by molar-refractivity contribution is 6.32. The number of benzene rings is 1. The molecule has 2 aromatic rings. The minimum atomic E-state index is -0.0871. The minimum absolute atomic E-state index is 0.0442. The van der Waals surface area contributed by atoms with E-state index < -0.39 is 0 Å². The van der Waals surface area contributed by atoms with Crippen LogP contribution in [0.2, 0.25) is 5.02 Å². The first kappa shape index (κ1) is 19.2. The summed E-state index contributed by atoms with van der Waals surface area (Å²) in [5, 5.41) is 8.85. The average Bonchev–Trinajstić information content (AvgIpc) is 2.68. The minimum Gasteiger partial charge on any atom is -0.471 e. The molecule has 0 N–H and O–H groups in total. The van der Waals surface area contributed by atoms with Crippen LogP contribution in [-0.2, 0) is 4.79 Å². The second kappa shape index (κ2) is 8.86. The van der Waals surface area contributed by atoms with Crippen LogP contribution in [0.4, 0.5) is 5.82 Å². The molecule has 1 aromatic carbocycles. The van der Waals surface area contributed by atoms with Gasteiger partial charge in [-0.3, -0.25) is 4.79 Å². The molecule has 0 bridgehead atoms. The molecule has 1 aliphatic rings. The summed E-state index contributed by atoms with van der Waals surface area (Å²) in [5.41, 5.74) is 0.827. The highest BCUT2D eigenvalue weighted by atomic mass is 35.5. The van der Waals surface area contributed by atoms with Gasteiger partial charge in [-0.1, -0.05) is 29.8 Å². The Bertz CT molecular complexity index is 808. The van der Waals surface area contributed by atoms with Gasteiger partial charge in [-0.15, -0.1) is 10.2 Å². The molecule has 0 radical (unpaired) electrons. The van der Waals surface area contributed by atoms with Crippen LogP contribution >= 0.6 is 11.6 Å². The molecule has 0 aliphatic carbocycles. The number of aromatic nitrogens is 2. The topological polar surface area (TPSA) is 58.6 Å². The van der Waals surface area contributed by atoms with Crippen LogP contribution in [0.5, 0.6) is 5.88 Å². The second-order valence-electron chi connectivity index (χ2n) is 6.65. The SMILES string of the molecule is CN(C)c1ccc(OC2CCCN(C(=O)/C=C/c3ccccc3Cl)C2)nn1. The van der Waals surface area contributed by atoms with Crippen molar-refractivity contribution in [3.05, 3.63) is 53.1 Å². The van der Waals surface area contributed by atoms with Crippen molar-refractivity contribution >= 4 is 29.4 Å². The largest absolute Gasteiger partial charge is 0.471 e. The van der Waals surface area contributed by atoms with Gasteiger partial charge in [-0.25, -0.2) is 0 Å². The molecule has 1 saturated heterocycles. The molecule has 27 heavy (non-hydrogen) atoms. The molecule has 0 saturated carbocycles. The maximum atomic E-state index is 12.5. The van der Waals surface area contributed by atoms with Crippen LogP contribution in [0.1, 0.15) is 18.4 Å². The lowest BCUT2D eigenvalue weighted by molar-refractivity contribution is -0.128. The highest BCUT2D eigenvalue weighted by Crippen LogP contribution is 2.19. The van der Waals surface area contributed by atoms with E-state index in [0.717, 1.165) is 30.8 Å². The van der Waals surface area contributed by atoms with Crippen molar-refractivity contribution in [2.24, 2.45) is 0 Å². The van der Waals surface area contributed by atoms with E-state index in [1.807, 2.05) is 43.3 Å². The molecule has 1 fully saturated rings. The Morgan fingerprint density at radius 1 is 1.26 bits per heavy atom. The van der Waals surface area contributed by atoms with Gasteiger partial charge < -0.3 is 14.5 Å². The molecule has 1 aromatic heterocycles. The average molecular weight is 387 g/mol. The standard InChI is InChI=1S/C20H23ClN4O2/c1-24(2)18-10-11-19(23-22-18)27-16-7-5-13-25(14-16)20(26)12-9-15-6-3-4-8-17(15)21/h3-4,6,8-12,16H,5,7,13-14H2,1-2H3/b12-9+. The quantitative estimate of drug-likeness (QED) is 0.738. The van der Waals surface area contributed by atoms with Gasteiger partial charge in [0.2, 0.25) is 11.8 Å². The van der Waals surface area contributed by atoms with Crippen molar-refractivity contribution in [2.75, 3.05) is 32.1 Å². The molecular formula is C20H23ClN4O2. The number of carbonyl (C=O) groups excluding carboxylic acids is 1. The fourth-order valence-electron chi connectivity index (χ4n) is 2.90. The maximum absolute atomic E-state index is 12.5. The molecule has 0 spiro atoms. The van der Waals surface area contributed by atoms with E-state index >= 15 is 0 Å². The molecule has 1 aliphatic heterocycles. The summed E-state index contributed by atoms with van der Waals surface area (Å²) in [5.74, 6) is 1.20. The van der Waals surface area contributed by atoms with Crippen LogP contribution < -0.4 is 9.64 Å². The molecule has 142 valence electrons. The molecule has 6 nitrogen and oxygen atoms in total. The number of nitrogens with zero attached hydrogens (tertiary/aromatic N) is 4. The molecule has 3 rings (SSSR count). The van der Waals surface area contributed by atoms with Gasteiger partial charge in [0.15, 0.2) is 5.82 Å². The highest BCUT2D eigenvalue weighted by Gasteiger charge is 2.24. The van der Waals surface area contributed by atoms with Gasteiger partial charge >= 0.3 is 0 Å². The molecule has 1 unspecified atom stereocenters. The third-order valence-electron chi connectivity index (χ3n) is 4.37. The fraction of sp³-hybridized carbons (Fsp3) is 0.350. The van der Waals surface area contributed by atoms with Gasteiger partial charge in [0.1, 0.15) is 6.10 Å². The summed E-state index contributed by atoms with van der Waals surface area (Å²) in [7, 11) is 3.82. The summed E-state index contributed by atoms with van der Waals surface area (Å²) in [4.78, 5) is 16.2. The number of ether oxygens (including phenoxy) is 1. The van der Waals surface area contributed by atoms with Crippen molar-refractivity contribution in [3.8, 4) is 5.88 Å². The Labute approximate surface area is 164 Å². The number of rotatable bonds is 5. The number of amides is 1. The van der Waals surface area contributed by atoms with E-state index in [0.29, 0.717) is 17.4 Å². The molecular weight excluding hydrogens is 364 g/mol. The van der Waals surface area contributed by atoms with Gasteiger partial charge in [-0.05, 0) is 36.6 Å². The monoisotopic (exact) mass is 386 g/mol. The van der Waals surface area contributed by atoms with E-state index in [2.05, 4.69) is 10.2 Å². The molecule has 1 amide bonds. The summed E-state index contributed by atoms with van der Waals surface area (Å²) >= 11 is 6.13. The van der Waals surface area contributed by atoms with Crippen LogP contribution in [0, 0.1) is 0 Å². The maximum Gasteiger partial charge on any atom is 0.246 e. The Morgan fingerprint density at radius 3 is 2.78 bits per heavy atom. The molecule has 7 heteroatoms. The van der Waals surface area contributed by atoms with E-state index in [-0.39, 0.29) is 12.0 Å². The number of likely N-dealkylation sites (tertiary alicyclic amines) is 1. The lowest BCUT2D eigenvalue weighted by Crippen LogP contribution is -2.43. The van der Waals surface area contributed by atoms with Gasteiger partial charge in [0.25, 0.3) is 0 Å². The number of halogens is 1. The number of carbonyl (C=O) groups is 1. The second-order valence-corrected chi connectivity index (χ2v) is 7.05. The Balaban J connectivity index is 1.58. The first-order chi connectivity index (χ1) is 13.0. The van der Waals surface area contributed by atoms with Crippen molar-refractivity contribution in [1.82, 2.24) is 15.1 Å². The Kier molecular flexibility index (Phi) is 6.29. The summed E-state index contributed by atoms with van der Waals surface area (Å²) in [6, 6.07) is 11.1. The van der Waals surface area contributed by atoms with Crippen LogP contribution in [0.15, 0.2) is 42.5 Å². The number of hydrogen-bond donors (Lipinski definition) is 0. The normalized spacial score (nSPS) is 17.1. The van der Waals surface area contributed by atoms with Crippen molar-refractivity contribution in [3.63, 3.8) is 0 Å². The van der Waals surface area contributed by atoms with Gasteiger partial charge in [0.05, 0.1) is 6.54 Å². The number of anilines is 1. The Hall–Kier alpha value is -2.60. The van der Waals surface area contributed by atoms with Crippen LogP contribution in [-0.4, -0.2) is 54.3 Å². The van der Waals surface area contributed by atoms with E-state index in [1.54, 1.807) is 29.2 Å². The van der Waals surface area contributed by atoms with Crippen LogP contribution in [0.25, 0.3) is 6.08 Å². The predicted molar refractivity (Wildman–Crippen MR) is 107 cm³/mol. The lowest BCUT2D eigenvalue weighted by Gasteiger charge is -2.31. The first-order valence-corrected chi connectivity index (χ1v) is 9.30. The first-order valence-electron chi connectivity index (χ1n) is 8.92. The van der Waals surface area contributed by atoms with E-state index in [1.165, 1.54) is 0 Å². The Morgan fingerprint density at radius 2 is 2.07 bits per heavy atom. The molecule has 2 heterocycles. The summed E-state index contributed by atoms with van der Waals surface area (Å²) < 4.78 is 5.92. The van der Waals surface area contributed by atoms with Gasteiger partial charge in [-0.2, -0.15) is 0 Å². The van der Waals surface area contributed by atoms with Crippen molar-refractivity contribution < 1.29 is 9.53 Å². The zero-order valence-electron chi connectivity index (χ0n) is 15.5. The van der Waals surface area contributed by atoms with Crippen molar-refractivity contribution in [1.29, 1.82) is 0 Å².